The van der Waals surface area contributed by atoms with Crippen molar-refractivity contribution in [1.29, 1.82) is 0 Å². The van der Waals surface area contributed by atoms with Crippen LogP contribution in [0.4, 0.5) is 8.78 Å². The maximum absolute atomic E-state index is 12.7. The average molecular weight is 401 g/mol. The average Bonchev–Trinajstić information content (AvgIpc) is 2.68. The van der Waals surface area contributed by atoms with Gasteiger partial charge in [0.15, 0.2) is 5.96 Å². The summed E-state index contributed by atoms with van der Waals surface area (Å²) in [5.74, 6) is 1.17. The van der Waals surface area contributed by atoms with E-state index in [1.807, 2.05) is 0 Å². The SMILES string of the molecule is CCN(CC)CCCC(C)NC(=NC)NCc1ccc(OC)cc1OC(F)F. The van der Waals surface area contributed by atoms with Crippen molar-refractivity contribution in [3.05, 3.63) is 23.8 Å². The van der Waals surface area contributed by atoms with Gasteiger partial charge >= 0.3 is 6.61 Å². The van der Waals surface area contributed by atoms with E-state index >= 15 is 0 Å². The molecule has 0 spiro atoms. The Balaban J connectivity index is 2.57. The fourth-order valence-electron chi connectivity index (χ4n) is 2.85. The summed E-state index contributed by atoms with van der Waals surface area (Å²) < 4.78 is 35.0. The molecular formula is C20H34F2N4O2. The van der Waals surface area contributed by atoms with Gasteiger partial charge in [-0.05, 0) is 51.5 Å². The van der Waals surface area contributed by atoms with E-state index in [0.29, 0.717) is 23.8 Å². The molecule has 0 aliphatic rings. The summed E-state index contributed by atoms with van der Waals surface area (Å²) in [7, 11) is 3.16. The zero-order valence-corrected chi connectivity index (χ0v) is 17.6. The second kappa shape index (κ2) is 13.1. The highest BCUT2D eigenvalue weighted by molar-refractivity contribution is 5.80. The van der Waals surface area contributed by atoms with Crippen LogP contribution in [-0.4, -0.2) is 57.3 Å². The summed E-state index contributed by atoms with van der Waals surface area (Å²) in [5.41, 5.74) is 0.596. The highest BCUT2D eigenvalue weighted by Crippen LogP contribution is 2.26. The number of guanidine groups is 1. The molecule has 0 fully saturated rings. The zero-order valence-electron chi connectivity index (χ0n) is 17.6. The van der Waals surface area contributed by atoms with Crippen molar-refractivity contribution in [1.82, 2.24) is 15.5 Å². The fourth-order valence-corrected chi connectivity index (χ4v) is 2.85. The Morgan fingerprint density at radius 2 is 1.96 bits per heavy atom. The first-order valence-electron chi connectivity index (χ1n) is 9.74. The Hall–Kier alpha value is -2.09. The summed E-state index contributed by atoms with van der Waals surface area (Å²) in [5, 5.41) is 6.49. The van der Waals surface area contributed by atoms with Gasteiger partial charge < -0.3 is 25.0 Å². The maximum atomic E-state index is 12.7. The number of rotatable bonds is 12. The van der Waals surface area contributed by atoms with Gasteiger partial charge in [0, 0.05) is 31.3 Å². The summed E-state index contributed by atoms with van der Waals surface area (Å²) in [4.78, 5) is 6.61. The van der Waals surface area contributed by atoms with E-state index in [0.717, 1.165) is 32.5 Å². The van der Waals surface area contributed by atoms with Crippen LogP contribution in [0.1, 0.15) is 39.2 Å². The second-order valence-corrected chi connectivity index (χ2v) is 6.49. The van der Waals surface area contributed by atoms with Gasteiger partial charge in [-0.2, -0.15) is 8.78 Å². The lowest BCUT2D eigenvalue weighted by atomic mass is 10.1. The van der Waals surface area contributed by atoms with Crippen LogP contribution in [0.25, 0.3) is 0 Å². The van der Waals surface area contributed by atoms with Gasteiger partial charge in [0.05, 0.1) is 7.11 Å². The molecular weight excluding hydrogens is 366 g/mol. The van der Waals surface area contributed by atoms with Crippen molar-refractivity contribution in [3.8, 4) is 11.5 Å². The molecule has 0 heterocycles. The lowest BCUT2D eigenvalue weighted by Crippen LogP contribution is -2.42. The number of hydrogen-bond acceptors (Lipinski definition) is 4. The number of methoxy groups -OCH3 is 1. The third kappa shape index (κ3) is 8.73. The summed E-state index contributed by atoms with van der Waals surface area (Å²) in [6, 6.07) is 5.11. The van der Waals surface area contributed by atoms with E-state index in [1.165, 1.54) is 13.2 Å². The van der Waals surface area contributed by atoms with Gasteiger partial charge in [0.2, 0.25) is 0 Å². The molecule has 160 valence electrons. The predicted octanol–water partition coefficient (Wildman–Crippen LogP) is 3.47. The Morgan fingerprint density at radius 1 is 1.25 bits per heavy atom. The highest BCUT2D eigenvalue weighted by atomic mass is 19.3. The van der Waals surface area contributed by atoms with Gasteiger partial charge in [-0.15, -0.1) is 0 Å². The van der Waals surface area contributed by atoms with Gasteiger partial charge in [-0.3, -0.25) is 4.99 Å². The minimum Gasteiger partial charge on any atom is -0.497 e. The molecule has 0 aliphatic carbocycles. The number of nitrogens with zero attached hydrogens (tertiary/aromatic N) is 2. The Morgan fingerprint density at radius 3 is 2.54 bits per heavy atom. The number of hydrogen-bond donors (Lipinski definition) is 2. The molecule has 1 rings (SSSR count). The second-order valence-electron chi connectivity index (χ2n) is 6.49. The van der Waals surface area contributed by atoms with Crippen LogP contribution in [-0.2, 0) is 6.54 Å². The molecule has 1 unspecified atom stereocenters. The first-order chi connectivity index (χ1) is 13.4. The maximum Gasteiger partial charge on any atom is 0.387 e. The summed E-state index contributed by atoms with van der Waals surface area (Å²) in [6.07, 6.45) is 2.11. The minimum absolute atomic E-state index is 0.0876. The van der Waals surface area contributed by atoms with Crippen molar-refractivity contribution >= 4 is 5.96 Å². The van der Waals surface area contributed by atoms with Crippen LogP contribution in [0.2, 0.25) is 0 Å². The first-order valence-corrected chi connectivity index (χ1v) is 9.74. The van der Waals surface area contributed by atoms with E-state index in [2.05, 4.69) is 46.0 Å². The largest absolute Gasteiger partial charge is 0.497 e. The van der Waals surface area contributed by atoms with Crippen molar-refractivity contribution in [3.63, 3.8) is 0 Å². The molecule has 0 radical (unpaired) electrons. The number of nitrogens with one attached hydrogen (secondary N) is 2. The molecule has 2 N–H and O–H groups in total. The number of aliphatic imine (C=N–C) groups is 1. The lowest BCUT2D eigenvalue weighted by Gasteiger charge is -2.21. The van der Waals surface area contributed by atoms with Crippen molar-refractivity contribution in [2.24, 2.45) is 4.99 Å². The molecule has 0 bridgehead atoms. The molecule has 1 atom stereocenters. The molecule has 6 nitrogen and oxygen atoms in total. The summed E-state index contributed by atoms with van der Waals surface area (Å²) >= 11 is 0. The van der Waals surface area contributed by atoms with Gasteiger partial charge in [-0.1, -0.05) is 13.8 Å². The smallest absolute Gasteiger partial charge is 0.387 e. The number of alkyl halides is 2. The van der Waals surface area contributed by atoms with Crippen molar-refractivity contribution in [2.75, 3.05) is 33.8 Å². The molecule has 0 saturated carbocycles. The summed E-state index contributed by atoms with van der Waals surface area (Å²) in [6.45, 7) is 7.05. The van der Waals surface area contributed by atoms with E-state index in [4.69, 9.17) is 4.74 Å². The molecule has 28 heavy (non-hydrogen) atoms. The monoisotopic (exact) mass is 400 g/mol. The number of benzene rings is 1. The Kier molecular flexibility index (Phi) is 11.2. The highest BCUT2D eigenvalue weighted by Gasteiger charge is 2.12. The van der Waals surface area contributed by atoms with Gasteiger partial charge in [0.1, 0.15) is 11.5 Å². The van der Waals surface area contributed by atoms with Crippen LogP contribution in [0, 0.1) is 0 Å². The zero-order chi connectivity index (χ0) is 20.9. The molecule has 0 amide bonds. The molecule has 8 heteroatoms. The van der Waals surface area contributed by atoms with Crippen molar-refractivity contribution in [2.45, 2.75) is 52.8 Å². The quantitative estimate of drug-likeness (QED) is 0.416. The van der Waals surface area contributed by atoms with Gasteiger partial charge in [-0.25, -0.2) is 0 Å². The number of halogens is 2. The first kappa shape index (κ1) is 23.9. The molecule has 0 aromatic heterocycles. The predicted molar refractivity (Wildman–Crippen MR) is 109 cm³/mol. The Labute approximate surface area is 167 Å². The molecule has 1 aromatic rings. The van der Waals surface area contributed by atoms with Crippen LogP contribution >= 0.6 is 0 Å². The topological polar surface area (TPSA) is 58.1 Å². The molecule has 1 aromatic carbocycles. The van der Waals surface area contributed by atoms with Gasteiger partial charge in [0.25, 0.3) is 0 Å². The van der Waals surface area contributed by atoms with Crippen LogP contribution < -0.4 is 20.1 Å². The third-order valence-electron chi connectivity index (χ3n) is 4.55. The van der Waals surface area contributed by atoms with E-state index in [-0.39, 0.29) is 11.8 Å². The van der Waals surface area contributed by atoms with Crippen LogP contribution in [0.3, 0.4) is 0 Å². The van der Waals surface area contributed by atoms with Crippen molar-refractivity contribution < 1.29 is 18.3 Å². The number of ether oxygens (including phenoxy) is 2. The normalized spacial score (nSPS) is 13.0. The van der Waals surface area contributed by atoms with Crippen LogP contribution in [0.15, 0.2) is 23.2 Å². The lowest BCUT2D eigenvalue weighted by molar-refractivity contribution is -0.0505. The van der Waals surface area contributed by atoms with E-state index in [1.54, 1.807) is 19.2 Å². The Bertz CT molecular complexity index is 596. The fraction of sp³-hybridized carbons (Fsp3) is 0.650. The minimum atomic E-state index is -2.89. The third-order valence-corrected chi connectivity index (χ3v) is 4.55. The molecule has 0 saturated heterocycles. The standard InChI is InChI=1S/C20H34F2N4O2/c1-6-26(7-2)12-8-9-15(3)25-20(23-4)24-14-16-10-11-17(27-5)13-18(16)28-19(21)22/h10-11,13,15,19H,6-9,12,14H2,1-5H3,(H2,23,24,25). The molecule has 0 aliphatic heterocycles. The van der Waals surface area contributed by atoms with E-state index < -0.39 is 6.61 Å². The van der Waals surface area contributed by atoms with Crippen LogP contribution in [0.5, 0.6) is 11.5 Å². The van der Waals surface area contributed by atoms with E-state index in [9.17, 15) is 8.78 Å².